The molecular weight excluding hydrogens is 228 g/mol. The van der Waals surface area contributed by atoms with Gasteiger partial charge in [-0.15, -0.1) is 0 Å². The molecule has 1 aromatic rings. The van der Waals surface area contributed by atoms with E-state index in [0.29, 0.717) is 0 Å². The normalized spacial score (nSPS) is 12.6. The number of rotatable bonds is 6. The molecule has 0 aliphatic heterocycles. The first-order valence-corrected chi connectivity index (χ1v) is 6.55. The monoisotopic (exact) mass is 252 g/mol. The number of carbonyl (C=O) groups is 1. The minimum absolute atomic E-state index is 0.0204. The van der Waals surface area contributed by atoms with Crippen LogP contribution >= 0.6 is 0 Å². The fourth-order valence-corrected chi connectivity index (χ4v) is 1.74. The number of anilines is 1. The molecule has 0 radical (unpaired) electrons. The van der Waals surface area contributed by atoms with Crippen LogP contribution in [0.4, 0.5) is 5.82 Å². The number of hydrogen-bond donors (Lipinski definition) is 2. The van der Waals surface area contributed by atoms with Crippen molar-refractivity contribution in [3.8, 4) is 0 Å². The summed E-state index contributed by atoms with van der Waals surface area (Å²) in [6, 6.07) is 1.91. The van der Waals surface area contributed by atoms with Crippen molar-refractivity contribution in [1.29, 1.82) is 0 Å². The molecule has 5 heteroatoms. The predicted octanol–water partition coefficient (Wildman–Crippen LogP) is 1.83. The van der Waals surface area contributed by atoms with Gasteiger partial charge in [-0.1, -0.05) is 13.8 Å². The molecular formula is C13H24N4O. The van der Waals surface area contributed by atoms with Crippen molar-refractivity contribution in [2.75, 3.05) is 5.32 Å². The Morgan fingerprint density at radius 2 is 2.06 bits per heavy atom. The zero-order valence-corrected chi connectivity index (χ0v) is 11.9. The van der Waals surface area contributed by atoms with E-state index in [4.69, 9.17) is 0 Å². The topological polar surface area (TPSA) is 59.0 Å². The smallest absolute Gasteiger partial charge is 0.242 e. The number of aryl methyl sites for hydroxylation is 2. The first-order valence-electron chi connectivity index (χ1n) is 6.55. The summed E-state index contributed by atoms with van der Waals surface area (Å²) in [5.41, 5.74) is 1.06. The lowest BCUT2D eigenvalue weighted by atomic mass is 10.1. The Balaban J connectivity index is 2.54. The van der Waals surface area contributed by atoms with Gasteiger partial charge >= 0.3 is 0 Å². The third kappa shape index (κ3) is 3.75. The van der Waals surface area contributed by atoms with E-state index in [1.165, 1.54) is 0 Å². The van der Waals surface area contributed by atoms with Gasteiger partial charge in [0.2, 0.25) is 5.91 Å². The zero-order valence-electron chi connectivity index (χ0n) is 11.9. The molecule has 1 atom stereocenters. The molecule has 0 aliphatic carbocycles. The lowest BCUT2D eigenvalue weighted by Crippen LogP contribution is -2.42. The number of amides is 1. The highest BCUT2D eigenvalue weighted by Gasteiger charge is 2.16. The second-order valence-corrected chi connectivity index (χ2v) is 4.68. The zero-order chi connectivity index (χ0) is 13.7. The summed E-state index contributed by atoms with van der Waals surface area (Å²) in [6.07, 6.45) is 1.91. The molecule has 0 aromatic carbocycles. The number of nitrogens with one attached hydrogen (secondary N) is 2. The third-order valence-corrected chi connectivity index (χ3v) is 3.20. The maximum Gasteiger partial charge on any atom is 0.242 e. The van der Waals surface area contributed by atoms with Crippen LogP contribution in [-0.2, 0) is 11.8 Å². The Bertz CT molecular complexity index is 376. The van der Waals surface area contributed by atoms with Gasteiger partial charge in [-0.3, -0.25) is 9.48 Å². The fraction of sp³-hybridized carbons (Fsp3) is 0.692. The highest BCUT2D eigenvalue weighted by Crippen LogP contribution is 2.08. The van der Waals surface area contributed by atoms with Crippen molar-refractivity contribution in [3.05, 3.63) is 11.8 Å². The Morgan fingerprint density at radius 3 is 2.50 bits per heavy atom. The third-order valence-electron chi connectivity index (χ3n) is 3.20. The molecule has 0 aliphatic rings. The Hall–Kier alpha value is -1.52. The highest BCUT2D eigenvalue weighted by molar-refractivity contribution is 5.84. The summed E-state index contributed by atoms with van der Waals surface area (Å²) < 4.78 is 1.79. The summed E-state index contributed by atoms with van der Waals surface area (Å²) >= 11 is 0. The second kappa shape index (κ2) is 6.42. The van der Waals surface area contributed by atoms with Crippen LogP contribution in [-0.4, -0.2) is 27.8 Å². The van der Waals surface area contributed by atoms with Gasteiger partial charge in [-0.05, 0) is 26.7 Å². The van der Waals surface area contributed by atoms with E-state index in [1.54, 1.807) is 4.68 Å². The summed E-state index contributed by atoms with van der Waals surface area (Å²) in [4.78, 5) is 12.0. The Morgan fingerprint density at radius 1 is 1.44 bits per heavy atom. The van der Waals surface area contributed by atoms with Crippen LogP contribution in [0.1, 0.15) is 39.3 Å². The average Bonchev–Trinajstić information content (AvgIpc) is 2.64. The first kappa shape index (κ1) is 14.5. The van der Waals surface area contributed by atoms with Gasteiger partial charge < -0.3 is 10.6 Å². The number of hydrogen-bond acceptors (Lipinski definition) is 3. The van der Waals surface area contributed by atoms with Gasteiger partial charge in [0.1, 0.15) is 11.9 Å². The molecule has 18 heavy (non-hydrogen) atoms. The summed E-state index contributed by atoms with van der Waals surface area (Å²) in [5, 5.41) is 10.4. The minimum atomic E-state index is -0.278. The summed E-state index contributed by atoms with van der Waals surface area (Å²) in [6.45, 7) is 7.98. The number of aromatic nitrogens is 2. The Kier molecular flexibility index (Phi) is 5.19. The molecule has 1 unspecified atom stereocenters. The lowest BCUT2D eigenvalue weighted by molar-refractivity contribution is -0.122. The summed E-state index contributed by atoms with van der Waals surface area (Å²) in [5.74, 6) is 0.759. The molecule has 1 aromatic heterocycles. The van der Waals surface area contributed by atoms with E-state index in [2.05, 4.69) is 29.6 Å². The minimum Gasteiger partial charge on any atom is -0.357 e. The lowest BCUT2D eigenvalue weighted by Gasteiger charge is -2.19. The van der Waals surface area contributed by atoms with E-state index in [0.717, 1.165) is 24.4 Å². The summed E-state index contributed by atoms with van der Waals surface area (Å²) in [7, 11) is 1.88. The van der Waals surface area contributed by atoms with Crippen molar-refractivity contribution in [3.63, 3.8) is 0 Å². The van der Waals surface area contributed by atoms with Crippen LogP contribution in [0.15, 0.2) is 6.07 Å². The van der Waals surface area contributed by atoms with Crippen LogP contribution in [0.25, 0.3) is 0 Å². The SMILES string of the molecule is CCC(CC)NC(=O)C(C)Nc1cc(C)n(C)n1. The van der Waals surface area contributed by atoms with E-state index in [9.17, 15) is 4.79 Å². The van der Waals surface area contributed by atoms with Crippen molar-refractivity contribution in [2.45, 2.75) is 52.6 Å². The van der Waals surface area contributed by atoms with Crippen molar-refractivity contribution < 1.29 is 4.79 Å². The van der Waals surface area contributed by atoms with Gasteiger partial charge in [0, 0.05) is 24.8 Å². The second-order valence-electron chi connectivity index (χ2n) is 4.68. The van der Waals surface area contributed by atoms with Crippen LogP contribution in [0.5, 0.6) is 0 Å². The molecule has 0 bridgehead atoms. The molecule has 0 saturated heterocycles. The molecule has 1 rings (SSSR count). The highest BCUT2D eigenvalue weighted by atomic mass is 16.2. The standard InChI is InChI=1S/C13H24N4O/c1-6-11(7-2)15-13(18)10(4)14-12-8-9(3)17(5)16-12/h8,10-11H,6-7H2,1-5H3,(H,14,16)(H,15,18). The molecule has 0 fully saturated rings. The van der Waals surface area contributed by atoms with E-state index in [-0.39, 0.29) is 18.0 Å². The van der Waals surface area contributed by atoms with E-state index < -0.39 is 0 Å². The quantitative estimate of drug-likeness (QED) is 0.812. The molecule has 102 valence electrons. The molecule has 0 spiro atoms. The first-order chi connectivity index (χ1) is 8.47. The number of carbonyl (C=O) groups excluding carboxylic acids is 1. The Labute approximate surface area is 109 Å². The van der Waals surface area contributed by atoms with E-state index >= 15 is 0 Å². The molecule has 2 N–H and O–H groups in total. The van der Waals surface area contributed by atoms with Gasteiger partial charge in [0.15, 0.2) is 0 Å². The van der Waals surface area contributed by atoms with Crippen molar-refractivity contribution in [1.82, 2.24) is 15.1 Å². The molecule has 1 heterocycles. The van der Waals surface area contributed by atoms with Crippen LogP contribution in [0.2, 0.25) is 0 Å². The van der Waals surface area contributed by atoms with Gasteiger partial charge in [-0.2, -0.15) is 5.10 Å². The fourth-order valence-electron chi connectivity index (χ4n) is 1.74. The van der Waals surface area contributed by atoms with Gasteiger partial charge in [0.25, 0.3) is 0 Å². The van der Waals surface area contributed by atoms with Gasteiger partial charge in [-0.25, -0.2) is 0 Å². The van der Waals surface area contributed by atoms with Crippen LogP contribution < -0.4 is 10.6 Å². The largest absolute Gasteiger partial charge is 0.357 e. The van der Waals surface area contributed by atoms with E-state index in [1.807, 2.05) is 27.0 Å². The maximum absolute atomic E-state index is 12.0. The predicted molar refractivity (Wildman–Crippen MR) is 73.5 cm³/mol. The van der Waals surface area contributed by atoms with Crippen molar-refractivity contribution >= 4 is 11.7 Å². The van der Waals surface area contributed by atoms with Crippen molar-refractivity contribution in [2.24, 2.45) is 7.05 Å². The maximum atomic E-state index is 12.0. The molecule has 0 saturated carbocycles. The number of nitrogens with zero attached hydrogens (tertiary/aromatic N) is 2. The average molecular weight is 252 g/mol. The van der Waals surface area contributed by atoms with Gasteiger partial charge in [0.05, 0.1) is 0 Å². The molecule has 5 nitrogen and oxygen atoms in total. The molecule has 1 amide bonds. The van der Waals surface area contributed by atoms with Crippen LogP contribution in [0.3, 0.4) is 0 Å². The van der Waals surface area contributed by atoms with Crippen LogP contribution in [0, 0.1) is 6.92 Å².